The highest BCUT2D eigenvalue weighted by Crippen LogP contribution is 2.15. The molecule has 0 saturated heterocycles. The standard InChI is InChI=1S/C19H32FN3O/c1-3-17-10-11-18(22-19(17)21-2)9-4-5-13-23(15-8-12-20)14-6-7-16-24/h10-11,16H,3-9,12-15H2,1-2H3,(H,21,22). The van der Waals surface area contributed by atoms with E-state index in [2.05, 4.69) is 34.3 Å². The first-order valence-corrected chi connectivity index (χ1v) is 9.13. The number of hydrogen-bond acceptors (Lipinski definition) is 4. The van der Waals surface area contributed by atoms with Crippen molar-refractivity contribution in [2.75, 3.05) is 38.7 Å². The van der Waals surface area contributed by atoms with Crippen LogP contribution in [0.3, 0.4) is 0 Å². The molecule has 1 rings (SSSR count). The van der Waals surface area contributed by atoms with Crippen molar-refractivity contribution in [3.63, 3.8) is 0 Å². The number of halogens is 1. The molecule has 0 aliphatic carbocycles. The van der Waals surface area contributed by atoms with E-state index in [0.717, 1.165) is 69.5 Å². The van der Waals surface area contributed by atoms with Crippen LogP contribution in [0.25, 0.3) is 0 Å². The molecule has 0 radical (unpaired) electrons. The number of nitrogens with zero attached hydrogens (tertiary/aromatic N) is 2. The third-order valence-corrected chi connectivity index (χ3v) is 4.22. The zero-order chi connectivity index (χ0) is 17.6. The largest absolute Gasteiger partial charge is 0.373 e. The van der Waals surface area contributed by atoms with Crippen molar-refractivity contribution in [3.8, 4) is 0 Å². The lowest BCUT2D eigenvalue weighted by Crippen LogP contribution is -2.27. The van der Waals surface area contributed by atoms with Crippen molar-refractivity contribution in [3.05, 3.63) is 23.4 Å². The average Bonchev–Trinajstić information content (AvgIpc) is 2.62. The Morgan fingerprint density at radius 1 is 1.17 bits per heavy atom. The Morgan fingerprint density at radius 2 is 1.92 bits per heavy atom. The zero-order valence-corrected chi connectivity index (χ0v) is 15.2. The second kappa shape index (κ2) is 12.9. The lowest BCUT2D eigenvalue weighted by atomic mass is 10.1. The van der Waals surface area contributed by atoms with Gasteiger partial charge in [0.1, 0.15) is 12.1 Å². The van der Waals surface area contributed by atoms with Crippen LogP contribution >= 0.6 is 0 Å². The smallest absolute Gasteiger partial charge is 0.129 e. The summed E-state index contributed by atoms with van der Waals surface area (Å²) in [6.45, 7) is 4.48. The van der Waals surface area contributed by atoms with E-state index in [1.54, 1.807) is 0 Å². The van der Waals surface area contributed by atoms with E-state index < -0.39 is 0 Å². The number of anilines is 1. The highest BCUT2D eigenvalue weighted by atomic mass is 19.1. The van der Waals surface area contributed by atoms with E-state index in [0.29, 0.717) is 12.8 Å². The lowest BCUT2D eigenvalue weighted by molar-refractivity contribution is -0.108. The van der Waals surface area contributed by atoms with E-state index in [1.165, 1.54) is 5.56 Å². The predicted octanol–water partition coefficient (Wildman–Crippen LogP) is 3.65. The van der Waals surface area contributed by atoms with Crippen LogP contribution in [0.1, 0.15) is 50.3 Å². The van der Waals surface area contributed by atoms with Gasteiger partial charge in [-0.25, -0.2) is 4.98 Å². The minimum absolute atomic E-state index is 0.273. The molecule has 24 heavy (non-hydrogen) atoms. The Hall–Kier alpha value is -1.49. The minimum atomic E-state index is -0.273. The molecule has 0 unspecified atom stereocenters. The summed E-state index contributed by atoms with van der Waals surface area (Å²) in [5.41, 5.74) is 2.36. The number of unbranched alkanes of at least 4 members (excludes halogenated alkanes) is 2. The molecule has 1 heterocycles. The molecule has 1 aromatic heterocycles. The molecule has 0 aromatic carbocycles. The van der Waals surface area contributed by atoms with E-state index in [4.69, 9.17) is 0 Å². The van der Waals surface area contributed by atoms with Gasteiger partial charge in [0.2, 0.25) is 0 Å². The van der Waals surface area contributed by atoms with E-state index in [-0.39, 0.29) is 6.67 Å². The number of aromatic nitrogens is 1. The number of aldehydes is 1. The zero-order valence-electron chi connectivity index (χ0n) is 15.2. The second-order valence-electron chi connectivity index (χ2n) is 6.06. The van der Waals surface area contributed by atoms with Crippen LogP contribution in [0.2, 0.25) is 0 Å². The van der Waals surface area contributed by atoms with Gasteiger partial charge in [-0.3, -0.25) is 4.39 Å². The molecule has 0 fully saturated rings. The van der Waals surface area contributed by atoms with E-state index in [1.807, 2.05) is 7.05 Å². The quantitative estimate of drug-likeness (QED) is 0.416. The summed E-state index contributed by atoms with van der Waals surface area (Å²) in [5, 5.41) is 3.16. The summed E-state index contributed by atoms with van der Waals surface area (Å²) < 4.78 is 12.4. The Balaban J connectivity index is 2.37. The Kier molecular flexibility index (Phi) is 11.0. The molecule has 5 heteroatoms. The number of nitrogens with one attached hydrogen (secondary N) is 1. The van der Waals surface area contributed by atoms with Gasteiger partial charge in [0.15, 0.2) is 0 Å². The van der Waals surface area contributed by atoms with Crippen LogP contribution in [-0.4, -0.2) is 49.5 Å². The van der Waals surface area contributed by atoms with Crippen LogP contribution in [0.15, 0.2) is 12.1 Å². The van der Waals surface area contributed by atoms with Gasteiger partial charge in [-0.15, -0.1) is 0 Å². The number of carbonyl (C=O) groups excluding carboxylic acids is 1. The third-order valence-electron chi connectivity index (χ3n) is 4.22. The van der Waals surface area contributed by atoms with Crippen molar-refractivity contribution < 1.29 is 9.18 Å². The van der Waals surface area contributed by atoms with Gasteiger partial charge >= 0.3 is 0 Å². The molecule has 0 aliphatic heterocycles. The summed E-state index contributed by atoms with van der Waals surface area (Å²) in [7, 11) is 1.91. The molecule has 1 N–H and O–H groups in total. The first-order valence-electron chi connectivity index (χ1n) is 9.13. The van der Waals surface area contributed by atoms with Crippen LogP contribution in [0.4, 0.5) is 10.2 Å². The molecule has 0 atom stereocenters. The van der Waals surface area contributed by atoms with Gasteiger partial charge in [0, 0.05) is 25.7 Å². The summed E-state index contributed by atoms with van der Waals surface area (Å²) in [4.78, 5) is 17.4. The molecular weight excluding hydrogens is 305 g/mol. The molecule has 0 aliphatic rings. The van der Waals surface area contributed by atoms with E-state index >= 15 is 0 Å². The molecule has 0 bridgehead atoms. The topological polar surface area (TPSA) is 45.2 Å². The number of aryl methyl sites for hydroxylation is 2. The van der Waals surface area contributed by atoms with Crippen molar-refractivity contribution >= 4 is 12.1 Å². The van der Waals surface area contributed by atoms with Crippen molar-refractivity contribution in [2.45, 2.75) is 51.9 Å². The van der Waals surface area contributed by atoms with E-state index in [9.17, 15) is 9.18 Å². The fraction of sp³-hybridized carbons (Fsp3) is 0.684. The normalized spacial score (nSPS) is 11.0. The maximum atomic E-state index is 12.4. The molecule has 136 valence electrons. The number of carbonyl (C=O) groups is 1. The van der Waals surface area contributed by atoms with Gasteiger partial charge in [-0.2, -0.15) is 0 Å². The summed E-state index contributed by atoms with van der Waals surface area (Å²) in [5.74, 6) is 0.980. The van der Waals surface area contributed by atoms with Crippen molar-refractivity contribution in [1.82, 2.24) is 9.88 Å². The highest BCUT2D eigenvalue weighted by molar-refractivity contribution is 5.49. The van der Waals surface area contributed by atoms with Gasteiger partial charge < -0.3 is 15.0 Å². The first-order chi connectivity index (χ1) is 11.7. The van der Waals surface area contributed by atoms with Crippen LogP contribution in [0, 0.1) is 0 Å². The molecular formula is C19H32FN3O. The second-order valence-corrected chi connectivity index (χ2v) is 6.06. The maximum Gasteiger partial charge on any atom is 0.129 e. The monoisotopic (exact) mass is 337 g/mol. The van der Waals surface area contributed by atoms with Crippen LogP contribution < -0.4 is 5.32 Å². The fourth-order valence-corrected chi connectivity index (χ4v) is 2.83. The predicted molar refractivity (Wildman–Crippen MR) is 98.4 cm³/mol. The fourth-order valence-electron chi connectivity index (χ4n) is 2.83. The third kappa shape index (κ3) is 7.86. The molecule has 0 spiro atoms. The van der Waals surface area contributed by atoms with Gasteiger partial charge in [-0.1, -0.05) is 13.0 Å². The molecule has 0 amide bonds. The summed E-state index contributed by atoms with van der Waals surface area (Å²) >= 11 is 0. The summed E-state index contributed by atoms with van der Waals surface area (Å²) in [6.07, 6.45) is 7.07. The number of alkyl halides is 1. The molecule has 1 aromatic rings. The number of pyridine rings is 1. The maximum absolute atomic E-state index is 12.4. The van der Waals surface area contributed by atoms with Gasteiger partial charge in [0.05, 0.1) is 6.67 Å². The van der Waals surface area contributed by atoms with Gasteiger partial charge in [-0.05, 0) is 63.2 Å². The SMILES string of the molecule is CCc1ccc(CCCCN(CCCF)CCCC=O)nc1NC. The Morgan fingerprint density at radius 3 is 2.58 bits per heavy atom. The average molecular weight is 337 g/mol. The molecule has 4 nitrogen and oxygen atoms in total. The van der Waals surface area contributed by atoms with Crippen LogP contribution in [0.5, 0.6) is 0 Å². The summed E-state index contributed by atoms with van der Waals surface area (Å²) in [6, 6.07) is 4.27. The van der Waals surface area contributed by atoms with Crippen molar-refractivity contribution in [2.24, 2.45) is 0 Å². The Labute approximate surface area is 145 Å². The molecule has 0 saturated carbocycles. The highest BCUT2D eigenvalue weighted by Gasteiger charge is 2.06. The number of rotatable bonds is 14. The van der Waals surface area contributed by atoms with Gasteiger partial charge in [0.25, 0.3) is 0 Å². The van der Waals surface area contributed by atoms with Crippen molar-refractivity contribution in [1.29, 1.82) is 0 Å². The minimum Gasteiger partial charge on any atom is -0.373 e. The lowest BCUT2D eigenvalue weighted by Gasteiger charge is -2.21. The Bertz CT molecular complexity index is 468. The van der Waals surface area contributed by atoms with Crippen LogP contribution in [-0.2, 0) is 17.6 Å². The first kappa shape index (κ1) is 20.6. The number of hydrogen-bond donors (Lipinski definition) is 1.